The van der Waals surface area contributed by atoms with Crippen molar-refractivity contribution in [3.63, 3.8) is 0 Å². The summed E-state index contributed by atoms with van der Waals surface area (Å²) >= 11 is 0. The number of amides is 1. The number of pyridine rings is 2. The smallest absolute Gasteiger partial charge is 0.225 e. The number of aliphatic imine (C=N–C) groups is 1. The third-order valence-electron chi connectivity index (χ3n) is 6.16. The number of carbonyl (C=O) groups excluding carboxylic acids is 1. The maximum Gasteiger partial charge on any atom is 0.225 e. The molecule has 2 N–H and O–H groups in total. The molecule has 3 aromatic rings. The molecule has 5 rings (SSSR count). The van der Waals surface area contributed by atoms with E-state index < -0.39 is 12.0 Å². The summed E-state index contributed by atoms with van der Waals surface area (Å²) in [4.78, 5) is 26.3. The van der Waals surface area contributed by atoms with Crippen molar-refractivity contribution >= 4 is 17.4 Å². The number of hydrogen-bond donors (Lipinski definition) is 1. The third-order valence-corrected chi connectivity index (χ3v) is 6.16. The fraction of sp³-hybridized carbons (Fsp3) is 0.231. The number of ether oxygens (including phenoxy) is 2. The number of carbonyl (C=O) groups is 1. The van der Waals surface area contributed by atoms with Crippen molar-refractivity contribution in [1.29, 1.82) is 0 Å². The first-order valence-corrected chi connectivity index (χ1v) is 11.2. The minimum atomic E-state index is -0.600. The number of aromatic nitrogens is 2. The number of rotatable bonds is 3. The number of nitrogens with zero attached hydrogens (tertiary/aromatic N) is 4. The molecule has 2 aliphatic heterocycles. The molecule has 9 heteroatoms. The number of halogens is 1. The van der Waals surface area contributed by atoms with Crippen LogP contribution < -0.4 is 10.5 Å². The van der Waals surface area contributed by atoms with Gasteiger partial charge in [-0.15, -0.1) is 0 Å². The van der Waals surface area contributed by atoms with E-state index >= 15 is 0 Å². The van der Waals surface area contributed by atoms with Gasteiger partial charge in [0, 0.05) is 36.9 Å². The highest BCUT2D eigenvalue weighted by Gasteiger charge is 2.30. The van der Waals surface area contributed by atoms with Gasteiger partial charge in [0.25, 0.3) is 0 Å². The molecule has 4 heterocycles. The van der Waals surface area contributed by atoms with E-state index in [4.69, 9.17) is 20.2 Å². The molecule has 0 aliphatic carbocycles. The maximum atomic E-state index is 14.4. The Morgan fingerprint density at radius 2 is 2.03 bits per heavy atom. The predicted octanol–water partition coefficient (Wildman–Crippen LogP) is 4.07. The molecule has 0 saturated heterocycles. The summed E-state index contributed by atoms with van der Waals surface area (Å²) in [6.45, 7) is 2.57. The Morgan fingerprint density at radius 3 is 2.77 bits per heavy atom. The molecule has 0 saturated carbocycles. The molecule has 35 heavy (non-hydrogen) atoms. The van der Waals surface area contributed by atoms with Crippen LogP contribution in [0.25, 0.3) is 16.7 Å². The van der Waals surface area contributed by atoms with Crippen LogP contribution in [0.3, 0.4) is 0 Å². The van der Waals surface area contributed by atoms with E-state index in [1.807, 2.05) is 18.2 Å². The lowest BCUT2D eigenvalue weighted by Crippen LogP contribution is -2.38. The van der Waals surface area contributed by atoms with E-state index in [-0.39, 0.29) is 11.9 Å². The monoisotopic (exact) mass is 473 g/mol. The standard InChI is InChI=1S/C26H24FN5O3/c1-15(33)32(2)26(28)31-24-19-12-17(18-4-3-9-29-25(18)27)5-6-22(19)35-23-14-30-21(13-20(23)24)16-7-10-34-11-8-16/h3-7,9,12-14,24H,8,10-11H2,1-2H3,(H2,28,31). The van der Waals surface area contributed by atoms with Crippen molar-refractivity contribution in [3.05, 3.63) is 77.6 Å². The molecule has 0 radical (unpaired) electrons. The SMILES string of the molecule is CC(=O)N(C)C(N)=NC1c2cc(-c3cccnc3F)ccc2Oc2cnc(C3=CCOCC3)cc21. The Balaban J connectivity index is 1.66. The Morgan fingerprint density at radius 1 is 1.20 bits per heavy atom. The van der Waals surface area contributed by atoms with Crippen molar-refractivity contribution in [3.8, 4) is 22.6 Å². The quantitative estimate of drug-likeness (QED) is 0.349. The molecule has 1 atom stereocenters. The van der Waals surface area contributed by atoms with E-state index in [9.17, 15) is 9.18 Å². The van der Waals surface area contributed by atoms with Gasteiger partial charge in [0.2, 0.25) is 11.9 Å². The van der Waals surface area contributed by atoms with Crippen LogP contribution in [0.2, 0.25) is 0 Å². The molecule has 0 spiro atoms. The summed E-state index contributed by atoms with van der Waals surface area (Å²) in [6, 6.07) is 10.0. The van der Waals surface area contributed by atoms with Crippen molar-refractivity contribution in [2.24, 2.45) is 10.7 Å². The highest BCUT2D eigenvalue weighted by Crippen LogP contribution is 2.46. The second kappa shape index (κ2) is 9.27. The molecule has 0 fully saturated rings. The first-order chi connectivity index (χ1) is 16.9. The van der Waals surface area contributed by atoms with Crippen LogP contribution in [0.4, 0.5) is 4.39 Å². The second-order valence-electron chi connectivity index (χ2n) is 8.33. The van der Waals surface area contributed by atoms with Crippen LogP contribution in [-0.2, 0) is 9.53 Å². The van der Waals surface area contributed by atoms with Gasteiger partial charge in [-0.2, -0.15) is 4.39 Å². The lowest BCUT2D eigenvalue weighted by atomic mass is 9.91. The fourth-order valence-electron chi connectivity index (χ4n) is 4.12. The van der Waals surface area contributed by atoms with E-state index in [0.717, 1.165) is 23.3 Å². The summed E-state index contributed by atoms with van der Waals surface area (Å²) in [6.07, 6.45) is 5.83. The molecule has 2 aliphatic rings. The number of benzene rings is 1. The topological polar surface area (TPSA) is 103 Å². The number of nitrogens with two attached hydrogens (primary N) is 1. The molecule has 1 amide bonds. The fourth-order valence-corrected chi connectivity index (χ4v) is 4.12. The largest absolute Gasteiger partial charge is 0.455 e. The molecule has 2 aromatic heterocycles. The lowest BCUT2D eigenvalue weighted by molar-refractivity contribution is -0.124. The maximum absolute atomic E-state index is 14.4. The van der Waals surface area contributed by atoms with Crippen LogP contribution in [0, 0.1) is 5.95 Å². The van der Waals surface area contributed by atoms with Gasteiger partial charge in [0.1, 0.15) is 11.8 Å². The van der Waals surface area contributed by atoms with Crippen LogP contribution in [0.15, 0.2) is 59.9 Å². The van der Waals surface area contributed by atoms with E-state index in [2.05, 4.69) is 9.97 Å². The summed E-state index contributed by atoms with van der Waals surface area (Å²) in [7, 11) is 1.56. The van der Waals surface area contributed by atoms with Gasteiger partial charge in [-0.25, -0.2) is 9.98 Å². The molecule has 0 bridgehead atoms. The van der Waals surface area contributed by atoms with E-state index in [0.29, 0.717) is 41.4 Å². The predicted molar refractivity (Wildman–Crippen MR) is 129 cm³/mol. The minimum Gasteiger partial charge on any atom is -0.455 e. The molecule has 178 valence electrons. The van der Waals surface area contributed by atoms with Crippen LogP contribution >= 0.6 is 0 Å². The van der Waals surface area contributed by atoms with E-state index in [1.165, 1.54) is 18.0 Å². The van der Waals surface area contributed by atoms with Crippen molar-refractivity contribution in [2.75, 3.05) is 20.3 Å². The van der Waals surface area contributed by atoms with Crippen LogP contribution in [-0.4, -0.2) is 47.0 Å². The zero-order chi connectivity index (χ0) is 24.5. The summed E-state index contributed by atoms with van der Waals surface area (Å²) < 4.78 is 26.0. The Labute approximate surface area is 201 Å². The van der Waals surface area contributed by atoms with Crippen LogP contribution in [0.1, 0.15) is 36.2 Å². The van der Waals surface area contributed by atoms with Gasteiger partial charge >= 0.3 is 0 Å². The molecule has 1 aromatic carbocycles. The van der Waals surface area contributed by atoms with E-state index in [1.54, 1.807) is 37.5 Å². The molecular weight excluding hydrogens is 449 g/mol. The van der Waals surface area contributed by atoms with Gasteiger partial charge in [-0.1, -0.05) is 12.1 Å². The zero-order valence-corrected chi connectivity index (χ0v) is 19.4. The Kier molecular flexibility index (Phi) is 6.00. The summed E-state index contributed by atoms with van der Waals surface area (Å²) in [5.41, 5.74) is 10.5. The first-order valence-electron chi connectivity index (χ1n) is 11.2. The molecule has 1 unspecified atom stereocenters. The van der Waals surface area contributed by atoms with Gasteiger partial charge in [0.15, 0.2) is 11.7 Å². The number of fused-ring (bicyclic) bond motifs is 2. The van der Waals surface area contributed by atoms with Gasteiger partial charge in [-0.3, -0.25) is 14.7 Å². The summed E-state index contributed by atoms with van der Waals surface area (Å²) in [5, 5.41) is 0. The van der Waals surface area contributed by atoms with Crippen molar-refractivity contribution < 1.29 is 18.7 Å². The summed E-state index contributed by atoms with van der Waals surface area (Å²) in [5.74, 6) is 0.340. The Bertz CT molecular complexity index is 1370. The van der Waals surface area contributed by atoms with Gasteiger partial charge in [0.05, 0.1) is 25.1 Å². The van der Waals surface area contributed by atoms with Crippen molar-refractivity contribution in [1.82, 2.24) is 14.9 Å². The van der Waals surface area contributed by atoms with Crippen molar-refractivity contribution in [2.45, 2.75) is 19.4 Å². The lowest BCUT2D eigenvalue weighted by Gasteiger charge is -2.28. The van der Waals surface area contributed by atoms with Gasteiger partial charge in [-0.05, 0) is 47.9 Å². The number of hydrogen-bond acceptors (Lipinski definition) is 6. The van der Waals surface area contributed by atoms with Gasteiger partial charge < -0.3 is 15.2 Å². The zero-order valence-electron chi connectivity index (χ0n) is 19.4. The average molecular weight is 474 g/mol. The first kappa shape index (κ1) is 22.7. The third kappa shape index (κ3) is 4.38. The molecule has 8 nitrogen and oxygen atoms in total. The molecular formula is C26H24FN5O3. The normalized spacial score (nSPS) is 17.1. The highest BCUT2D eigenvalue weighted by molar-refractivity contribution is 5.95. The second-order valence-corrected chi connectivity index (χ2v) is 8.33. The highest BCUT2D eigenvalue weighted by atomic mass is 19.1. The minimum absolute atomic E-state index is 0.0582. The van der Waals surface area contributed by atoms with Crippen LogP contribution in [0.5, 0.6) is 11.5 Å². The Hall–Kier alpha value is -4.11. The average Bonchev–Trinajstić information content (AvgIpc) is 2.88. The number of guanidine groups is 1.